The van der Waals surface area contributed by atoms with Crippen molar-refractivity contribution in [1.82, 2.24) is 4.98 Å². The first-order chi connectivity index (χ1) is 7.80. The van der Waals surface area contributed by atoms with E-state index in [4.69, 9.17) is 9.84 Å². The molecule has 0 aliphatic heterocycles. The molecule has 0 unspecified atom stereocenters. The van der Waals surface area contributed by atoms with Crippen molar-refractivity contribution in [3.63, 3.8) is 0 Å². The molecule has 0 spiro atoms. The highest BCUT2D eigenvalue weighted by atomic mass is 16.6. The number of rotatable bonds is 2. The van der Waals surface area contributed by atoms with Gasteiger partial charge in [0.05, 0.1) is 12.3 Å². The van der Waals surface area contributed by atoms with E-state index in [1.54, 1.807) is 20.8 Å². The van der Waals surface area contributed by atoms with Crippen molar-refractivity contribution in [1.29, 1.82) is 0 Å². The number of H-pyrrole nitrogens is 1. The molecule has 0 bridgehead atoms. The van der Waals surface area contributed by atoms with Crippen LogP contribution < -0.4 is 10.9 Å². The molecule has 6 heteroatoms. The van der Waals surface area contributed by atoms with E-state index in [1.807, 2.05) is 0 Å². The van der Waals surface area contributed by atoms with Crippen molar-refractivity contribution >= 4 is 11.8 Å². The van der Waals surface area contributed by atoms with E-state index in [0.717, 1.165) is 0 Å². The molecule has 6 nitrogen and oxygen atoms in total. The topological polar surface area (TPSA) is 91.4 Å². The minimum absolute atomic E-state index is 0.284. The molecule has 0 aliphatic carbocycles. The average molecular weight is 240 g/mol. The van der Waals surface area contributed by atoms with E-state index in [1.165, 1.54) is 12.1 Å². The van der Waals surface area contributed by atoms with Crippen LogP contribution in [0.15, 0.2) is 16.9 Å². The number of nitrogens with one attached hydrogen (secondary N) is 2. The first-order valence-electron chi connectivity index (χ1n) is 5.14. The highest BCUT2D eigenvalue weighted by Gasteiger charge is 2.16. The van der Waals surface area contributed by atoms with Gasteiger partial charge in [-0.05, 0) is 26.8 Å². The highest BCUT2D eigenvalue weighted by Crippen LogP contribution is 2.10. The summed E-state index contributed by atoms with van der Waals surface area (Å²) in [6.45, 7) is 4.91. The number of carbonyl (C=O) groups excluding carboxylic acids is 1. The lowest BCUT2D eigenvalue weighted by molar-refractivity contribution is 0.0636. The Morgan fingerprint density at radius 3 is 2.65 bits per heavy atom. The summed E-state index contributed by atoms with van der Waals surface area (Å²) in [6.07, 6.45) is -0.646. The van der Waals surface area contributed by atoms with Crippen LogP contribution >= 0.6 is 0 Å². The number of pyridine rings is 1. The Hall–Kier alpha value is -1.82. The molecule has 0 aliphatic rings. The van der Waals surface area contributed by atoms with Crippen molar-refractivity contribution in [3.8, 4) is 0 Å². The van der Waals surface area contributed by atoms with Gasteiger partial charge in [0.1, 0.15) is 5.60 Å². The molecule has 1 heterocycles. The van der Waals surface area contributed by atoms with Crippen LogP contribution in [0.5, 0.6) is 0 Å². The maximum atomic E-state index is 11.4. The summed E-state index contributed by atoms with van der Waals surface area (Å²) < 4.78 is 5.03. The van der Waals surface area contributed by atoms with Gasteiger partial charge < -0.3 is 14.8 Å². The average Bonchev–Trinajstić information content (AvgIpc) is 2.13. The smallest absolute Gasteiger partial charge is 0.412 e. The van der Waals surface area contributed by atoms with E-state index in [9.17, 15) is 9.59 Å². The predicted octanol–water partition coefficient (Wildman–Crippen LogP) is 1.21. The predicted molar refractivity (Wildman–Crippen MR) is 62.8 cm³/mol. The van der Waals surface area contributed by atoms with Crippen LogP contribution in [0.25, 0.3) is 0 Å². The fourth-order valence-corrected chi connectivity index (χ4v) is 1.18. The van der Waals surface area contributed by atoms with Gasteiger partial charge in [0.2, 0.25) is 5.56 Å². The second-order valence-electron chi connectivity index (χ2n) is 4.54. The zero-order valence-corrected chi connectivity index (χ0v) is 10.0. The summed E-state index contributed by atoms with van der Waals surface area (Å²) in [5.74, 6) is 0. The molecule has 0 fully saturated rings. The number of aliphatic hydroxyl groups excluding tert-OH is 1. The van der Waals surface area contributed by atoms with Crippen LogP contribution in [0.3, 0.4) is 0 Å². The molecule has 1 amide bonds. The van der Waals surface area contributed by atoms with Crippen LogP contribution in [0.2, 0.25) is 0 Å². The number of aliphatic hydroxyl groups is 1. The number of hydrogen-bond donors (Lipinski definition) is 3. The number of ether oxygens (including phenoxy) is 1. The van der Waals surface area contributed by atoms with Gasteiger partial charge in [-0.15, -0.1) is 0 Å². The summed E-state index contributed by atoms with van der Waals surface area (Å²) in [4.78, 5) is 25.0. The van der Waals surface area contributed by atoms with Crippen molar-refractivity contribution < 1.29 is 14.6 Å². The van der Waals surface area contributed by atoms with E-state index < -0.39 is 17.3 Å². The van der Waals surface area contributed by atoms with Gasteiger partial charge in [0.15, 0.2) is 0 Å². The third kappa shape index (κ3) is 4.69. The van der Waals surface area contributed by atoms with Gasteiger partial charge in [-0.3, -0.25) is 10.1 Å². The fourth-order valence-electron chi connectivity index (χ4n) is 1.18. The summed E-state index contributed by atoms with van der Waals surface area (Å²) in [5.41, 5.74) is -0.399. The number of aromatic amines is 1. The Balaban J connectivity index is 2.78. The van der Waals surface area contributed by atoms with E-state index >= 15 is 0 Å². The second-order valence-corrected chi connectivity index (χ2v) is 4.54. The molecular formula is C11H16N2O4. The van der Waals surface area contributed by atoms with Crippen molar-refractivity contribution in [2.75, 3.05) is 5.32 Å². The van der Waals surface area contributed by atoms with Gasteiger partial charge in [0, 0.05) is 11.8 Å². The van der Waals surface area contributed by atoms with Crippen LogP contribution in [0, 0.1) is 0 Å². The van der Waals surface area contributed by atoms with Gasteiger partial charge in [0.25, 0.3) is 0 Å². The van der Waals surface area contributed by atoms with Gasteiger partial charge in [-0.1, -0.05) is 0 Å². The number of hydrogen-bond acceptors (Lipinski definition) is 4. The lowest BCUT2D eigenvalue weighted by Crippen LogP contribution is -2.27. The van der Waals surface area contributed by atoms with Crippen LogP contribution in [0.4, 0.5) is 10.5 Å². The molecule has 1 aromatic heterocycles. The van der Waals surface area contributed by atoms with Gasteiger partial charge in [-0.2, -0.15) is 0 Å². The first kappa shape index (κ1) is 13.2. The third-order valence-corrected chi connectivity index (χ3v) is 1.72. The van der Waals surface area contributed by atoms with Crippen LogP contribution in [0.1, 0.15) is 26.5 Å². The molecule has 0 aromatic carbocycles. The van der Waals surface area contributed by atoms with Crippen LogP contribution in [-0.4, -0.2) is 21.8 Å². The Bertz CT molecular complexity index is 459. The Kier molecular flexibility index (Phi) is 3.90. The third-order valence-electron chi connectivity index (χ3n) is 1.72. The zero-order valence-electron chi connectivity index (χ0n) is 10.0. The molecular weight excluding hydrogens is 224 g/mol. The van der Waals surface area contributed by atoms with E-state index in [2.05, 4.69) is 10.3 Å². The molecule has 1 rings (SSSR count). The summed E-state index contributed by atoms with van der Waals surface area (Å²) in [7, 11) is 0. The standard InChI is InChI=1S/C11H16N2O4/c1-11(2,3)17-10(16)13-7-4-8(6-14)12-9(15)5-7/h4-5,14H,6H2,1-3H3,(H2,12,13,15,16). The summed E-state index contributed by atoms with van der Waals surface area (Å²) in [5, 5.41) is 11.3. The van der Waals surface area contributed by atoms with E-state index in [-0.39, 0.29) is 12.3 Å². The molecule has 1 aromatic rings. The lowest BCUT2D eigenvalue weighted by atomic mass is 10.2. The first-order valence-corrected chi connectivity index (χ1v) is 5.14. The maximum Gasteiger partial charge on any atom is 0.412 e. The Morgan fingerprint density at radius 2 is 2.12 bits per heavy atom. The molecule has 0 atom stereocenters. The largest absolute Gasteiger partial charge is 0.444 e. The molecule has 3 N–H and O–H groups in total. The number of carbonyl (C=O) groups is 1. The van der Waals surface area contributed by atoms with Gasteiger partial charge >= 0.3 is 6.09 Å². The van der Waals surface area contributed by atoms with Crippen molar-refractivity contribution in [3.05, 3.63) is 28.2 Å². The second kappa shape index (κ2) is 5.01. The lowest BCUT2D eigenvalue weighted by Gasteiger charge is -2.19. The number of aromatic nitrogens is 1. The minimum atomic E-state index is -0.646. The fraction of sp³-hybridized carbons (Fsp3) is 0.455. The maximum absolute atomic E-state index is 11.4. The molecule has 0 saturated heterocycles. The molecule has 0 saturated carbocycles. The Morgan fingerprint density at radius 1 is 1.47 bits per heavy atom. The SMILES string of the molecule is CC(C)(C)OC(=O)Nc1cc(CO)[nH]c(=O)c1. The highest BCUT2D eigenvalue weighted by molar-refractivity contribution is 5.84. The normalized spacial score (nSPS) is 11.1. The Labute approximate surface area is 98.6 Å². The quantitative estimate of drug-likeness (QED) is 0.724. The van der Waals surface area contributed by atoms with Crippen molar-refractivity contribution in [2.45, 2.75) is 33.0 Å². The monoisotopic (exact) mass is 240 g/mol. The number of anilines is 1. The minimum Gasteiger partial charge on any atom is -0.444 e. The number of amides is 1. The van der Waals surface area contributed by atoms with Crippen molar-refractivity contribution in [2.24, 2.45) is 0 Å². The summed E-state index contributed by atoms with van der Waals surface area (Å²) >= 11 is 0. The van der Waals surface area contributed by atoms with Gasteiger partial charge in [-0.25, -0.2) is 4.79 Å². The zero-order chi connectivity index (χ0) is 13.1. The van der Waals surface area contributed by atoms with Crippen LogP contribution in [-0.2, 0) is 11.3 Å². The summed E-state index contributed by atoms with van der Waals surface area (Å²) in [6, 6.07) is 2.68. The molecule has 0 radical (unpaired) electrons. The molecule has 17 heavy (non-hydrogen) atoms. The van der Waals surface area contributed by atoms with E-state index in [0.29, 0.717) is 5.69 Å². The molecule has 94 valence electrons.